The molecule has 0 saturated carbocycles. The zero-order chi connectivity index (χ0) is 17.1. The normalized spacial score (nSPS) is 12.0. The van der Waals surface area contributed by atoms with Crippen LogP contribution in [0.3, 0.4) is 0 Å². The van der Waals surface area contributed by atoms with Crippen molar-refractivity contribution in [1.29, 1.82) is 0 Å². The van der Waals surface area contributed by atoms with Gasteiger partial charge < -0.3 is 10.6 Å². The number of nitrogens with one attached hydrogen (secondary N) is 2. The Morgan fingerprint density at radius 2 is 1.67 bits per heavy atom. The van der Waals surface area contributed by atoms with Crippen LogP contribution in [0.5, 0.6) is 0 Å². The van der Waals surface area contributed by atoms with Gasteiger partial charge in [0.1, 0.15) is 0 Å². The van der Waals surface area contributed by atoms with Gasteiger partial charge in [0.15, 0.2) is 5.11 Å². The number of hydrogen-bond donors (Lipinski definition) is 2. The number of thiocarbonyl (C=S) groups is 1. The molecular weight excluding hydrogens is 312 g/mol. The molecule has 3 heteroatoms. The molecule has 0 bridgehead atoms. The van der Waals surface area contributed by atoms with Crippen LogP contribution in [0.25, 0.3) is 10.8 Å². The summed E-state index contributed by atoms with van der Waals surface area (Å²) in [5, 5.41) is 9.72. The third kappa shape index (κ3) is 3.57. The van der Waals surface area contributed by atoms with Crippen LogP contribution in [-0.4, -0.2) is 5.11 Å². The highest BCUT2D eigenvalue weighted by Gasteiger charge is 2.09. The standard InChI is InChI=1S/C21H22N2S/c1-14-11-12-18(13-15(14)2)16(3)22-21(24)23-20-10-6-8-17-7-4-5-9-19(17)20/h4-13,16H,1-3H3,(H2,22,23,24). The van der Waals surface area contributed by atoms with Crippen LogP contribution in [0.2, 0.25) is 0 Å². The Bertz CT molecular complexity index is 881. The smallest absolute Gasteiger partial charge is 0.171 e. The second-order valence-corrected chi connectivity index (χ2v) is 6.60. The van der Waals surface area contributed by atoms with E-state index in [1.54, 1.807) is 0 Å². The van der Waals surface area contributed by atoms with Gasteiger partial charge in [-0.3, -0.25) is 0 Å². The summed E-state index contributed by atoms with van der Waals surface area (Å²) < 4.78 is 0. The maximum Gasteiger partial charge on any atom is 0.171 e. The van der Waals surface area contributed by atoms with Crippen molar-refractivity contribution in [3.8, 4) is 0 Å². The summed E-state index contributed by atoms with van der Waals surface area (Å²) in [6.45, 7) is 6.39. The van der Waals surface area contributed by atoms with Crippen LogP contribution in [0.4, 0.5) is 5.69 Å². The zero-order valence-corrected chi connectivity index (χ0v) is 15.1. The lowest BCUT2D eigenvalue weighted by molar-refractivity contribution is 0.721. The second kappa shape index (κ2) is 7.02. The van der Waals surface area contributed by atoms with E-state index in [0.717, 1.165) is 5.69 Å². The molecular formula is C21H22N2S. The molecule has 0 radical (unpaired) electrons. The van der Waals surface area contributed by atoms with E-state index in [2.05, 4.69) is 73.9 Å². The summed E-state index contributed by atoms with van der Waals surface area (Å²) in [6.07, 6.45) is 0. The van der Waals surface area contributed by atoms with Crippen molar-refractivity contribution in [3.63, 3.8) is 0 Å². The zero-order valence-electron chi connectivity index (χ0n) is 14.3. The number of fused-ring (bicyclic) bond motifs is 1. The number of benzene rings is 3. The molecule has 0 aliphatic heterocycles. The summed E-state index contributed by atoms with van der Waals surface area (Å²) in [5.74, 6) is 0. The second-order valence-electron chi connectivity index (χ2n) is 6.19. The molecule has 0 heterocycles. The van der Waals surface area contributed by atoms with Crippen LogP contribution in [0.1, 0.15) is 29.7 Å². The molecule has 3 rings (SSSR count). The fraction of sp³-hybridized carbons (Fsp3) is 0.190. The predicted octanol–water partition coefficient (Wildman–Crippen LogP) is 5.50. The minimum absolute atomic E-state index is 0.152. The van der Waals surface area contributed by atoms with E-state index in [0.29, 0.717) is 5.11 Å². The quantitative estimate of drug-likeness (QED) is 0.618. The first-order valence-corrected chi connectivity index (χ1v) is 8.58. The van der Waals surface area contributed by atoms with Gasteiger partial charge >= 0.3 is 0 Å². The molecule has 0 aromatic heterocycles. The average molecular weight is 334 g/mol. The first kappa shape index (κ1) is 16.5. The fourth-order valence-corrected chi connectivity index (χ4v) is 3.09. The van der Waals surface area contributed by atoms with E-state index >= 15 is 0 Å². The van der Waals surface area contributed by atoms with Crippen LogP contribution in [0.15, 0.2) is 60.7 Å². The van der Waals surface area contributed by atoms with Gasteiger partial charge in [0, 0.05) is 11.1 Å². The SMILES string of the molecule is Cc1ccc(C(C)NC(=S)Nc2cccc3ccccc23)cc1C. The van der Waals surface area contributed by atoms with E-state index in [9.17, 15) is 0 Å². The molecule has 0 aliphatic carbocycles. The third-order valence-corrected chi connectivity index (χ3v) is 4.64. The van der Waals surface area contributed by atoms with Gasteiger partial charge in [-0.05, 0) is 61.1 Å². The van der Waals surface area contributed by atoms with Gasteiger partial charge in [0.2, 0.25) is 0 Å². The Morgan fingerprint density at radius 1 is 0.917 bits per heavy atom. The van der Waals surface area contributed by atoms with Gasteiger partial charge in [-0.1, -0.05) is 54.6 Å². The molecule has 3 aromatic carbocycles. The largest absolute Gasteiger partial charge is 0.356 e. The molecule has 0 fully saturated rings. The highest BCUT2D eigenvalue weighted by Crippen LogP contribution is 2.23. The first-order valence-electron chi connectivity index (χ1n) is 8.17. The summed E-state index contributed by atoms with van der Waals surface area (Å²) in [6, 6.07) is 21.2. The van der Waals surface area contributed by atoms with Crippen molar-refractivity contribution in [2.45, 2.75) is 26.8 Å². The lowest BCUT2D eigenvalue weighted by atomic mass is 10.0. The van der Waals surface area contributed by atoms with E-state index in [1.807, 2.05) is 18.2 Å². The molecule has 2 nitrogen and oxygen atoms in total. The lowest BCUT2D eigenvalue weighted by Crippen LogP contribution is -2.31. The van der Waals surface area contributed by atoms with Gasteiger partial charge in [-0.2, -0.15) is 0 Å². The third-order valence-electron chi connectivity index (χ3n) is 4.42. The molecule has 122 valence electrons. The lowest BCUT2D eigenvalue weighted by Gasteiger charge is -2.19. The molecule has 0 saturated heterocycles. The van der Waals surface area contributed by atoms with Crippen LogP contribution in [0, 0.1) is 13.8 Å². The molecule has 24 heavy (non-hydrogen) atoms. The number of hydrogen-bond acceptors (Lipinski definition) is 1. The predicted molar refractivity (Wildman–Crippen MR) is 108 cm³/mol. The van der Waals surface area contributed by atoms with Crippen molar-refractivity contribution in [2.24, 2.45) is 0 Å². The van der Waals surface area contributed by atoms with E-state index in [4.69, 9.17) is 12.2 Å². The summed E-state index contributed by atoms with van der Waals surface area (Å²) in [4.78, 5) is 0. The summed E-state index contributed by atoms with van der Waals surface area (Å²) in [5.41, 5.74) is 4.87. The van der Waals surface area contributed by atoms with Crippen molar-refractivity contribution in [3.05, 3.63) is 77.4 Å². The Morgan fingerprint density at radius 3 is 2.46 bits per heavy atom. The molecule has 2 N–H and O–H groups in total. The number of anilines is 1. The summed E-state index contributed by atoms with van der Waals surface area (Å²) in [7, 11) is 0. The monoisotopic (exact) mass is 334 g/mol. The molecule has 0 aliphatic rings. The highest BCUT2D eigenvalue weighted by atomic mass is 32.1. The Hall–Kier alpha value is -2.39. The maximum atomic E-state index is 5.51. The Balaban J connectivity index is 1.74. The molecule has 0 spiro atoms. The average Bonchev–Trinajstić information content (AvgIpc) is 2.57. The van der Waals surface area contributed by atoms with Gasteiger partial charge in [-0.15, -0.1) is 0 Å². The van der Waals surface area contributed by atoms with E-state index < -0.39 is 0 Å². The van der Waals surface area contributed by atoms with Gasteiger partial charge in [-0.25, -0.2) is 0 Å². The van der Waals surface area contributed by atoms with Gasteiger partial charge in [0.05, 0.1) is 6.04 Å². The molecule has 1 atom stereocenters. The van der Waals surface area contributed by atoms with Crippen LogP contribution >= 0.6 is 12.2 Å². The first-order chi connectivity index (χ1) is 11.5. The Kier molecular flexibility index (Phi) is 4.81. The minimum atomic E-state index is 0.152. The highest BCUT2D eigenvalue weighted by molar-refractivity contribution is 7.80. The molecule has 0 amide bonds. The molecule has 1 unspecified atom stereocenters. The topological polar surface area (TPSA) is 24.1 Å². The Labute approximate surface area is 148 Å². The van der Waals surface area contributed by atoms with Crippen LogP contribution in [-0.2, 0) is 0 Å². The van der Waals surface area contributed by atoms with Crippen LogP contribution < -0.4 is 10.6 Å². The van der Waals surface area contributed by atoms with Crippen molar-refractivity contribution in [1.82, 2.24) is 5.32 Å². The summed E-state index contributed by atoms with van der Waals surface area (Å²) >= 11 is 5.51. The van der Waals surface area contributed by atoms with Crippen molar-refractivity contribution < 1.29 is 0 Å². The maximum absolute atomic E-state index is 5.51. The van der Waals surface area contributed by atoms with Gasteiger partial charge in [0.25, 0.3) is 0 Å². The van der Waals surface area contributed by atoms with E-state index in [1.165, 1.54) is 27.5 Å². The number of rotatable bonds is 3. The number of aryl methyl sites for hydroxylation is 2. The van der Waals surface area contributed by atoms with E-state index in [-0.39, 0.29) is 6.04 Å². The minimum Gasteiger partial charge on any atom is -0.356 e. The van der Waals surface area contributed by atoms with Crippen molar-refractivity contribution >= 4 is 33.8 Å². The fourth-order valence-electron chi connectivity index (χ4n) is 2.81. The molecule has 3 aromatic rings. The van der Waals surface area contributed by atoms with Crippen molar-refractivity contribution in [2.75, 3.05) is 5.32 Å².